The van der Waals surface area contributed by atoms with Crippen LogP contribution in [-0.2, 0) is 14.3 Å². The predicted molar refractivity (Wildman–Crippen MR) is 112 cm³/mol. The molecule has 4 rings (SSSR count). The molecule has 1 aliphatic carbocycles. The molecular weight excluding hydrogens is 409 g/mol. The second-order valence-electron chi connectivity index (χ2n) is 8.26. The minimum Gasteiger partial charge on any atom is -0.487 e. The lowest BCUT2D eigenvalue weighted by atomic mass is 9.96. The normalized spacial score (nSPS) is 21.8. The van der Waals surface area contributed by atoms with Gasteiger partial charge in [0.2, 0.25) is 0 Å². The van der Waals surface area contributed by atoms with Crippen LogP contribution in [0.4, 0.5) is 24.5 Å². The summed E-state index contributed by atoms with van der Waals surface area (Å²) in [4.78, 5) is 15.9. The Hall–Kier alpha value is -2.64. The average molecular weight is 436 g/mol. The standard InChI is InChI=1S/C23H27F3N2O3/c1-3-5-19-14-28(20-9-8-16(23(24,25)26)10-21(20)31-19)18-7-4-6-17(11-18)27-12-15(13-27)22(29)30-2/h4,6-7,10-11,15,19H,3,5,8-9,12-14H2,1-2H3. The lowest BCUT2D eigenvalue weighted by Crippen LogP contribution is -2.51. The Labute approximate surface area is 180 Å². The van der Waals surface area contributed by atoms with E-state index in [2.05, 4.69) is 9.80 Å². The minimum absolute atomic E-state index is 0.0484. The quantitative estimate of drug-likeness (QED) is 0.621. The summed E-state index contributed by atoms with van der Waals surface area (Å²) in [5, 5.41) is 0. The summed E-state index contributed by atoms with van der Waals surface area (Å²) in [5.74, 6) is 0.0141. The van der Waals surface area contributed by atoms with Gasteiger partial charge < -0.3 is 19.3 Å². The van der Waals surface area contributed by atoms with Crippen LogP contribution in [0.25, 0.3) is 0 Å². The molecule has 5 nitrogen and oxygen atoms in total. The summed E-state index contributed by atoms with van der Waals surface area (Å²) in [5.41, 5.74) is 2.18. The molecule has 1 saturated heterocycles. The maximum atomic E-state index is 13.3. The first-order valence-corrected chi connectivity index (χ1v) is 10.7. The highest BCUT2D eigenvalue weighted by Gasteiger charge is 2.39. The van der Waals surface area contributed by atoms with Crippen molar-refractivity contribution in [3.05, 3.63) is 47.4 Å². The number of ether oxygens (including phenoxy) is 2. The largest absolute Gasteiger partial charge is 0.487 e. The lowest BCUT2D eigenvalue weighted by molar-refractivity contribution is -0.146. The van der Waals surface area contributed by atoms with Gasteiger partial charge in [0.1, 0.15) is 11.9 Å². The van der Waals surface area contributed by atoms with Gasteiger partial charge in [0.05, 0.1) is 25.3 Å². The predicted octanol–water partition coefficient (Wildman–Crippen LogP) is 4.80. The van der Waals surface area contributed by atoms with Gasteiger partial charge in [-0.15, -0.1) is 0 Å². The smallest absolute Gasteiger partial charge is 0.412 e. The molecule has 1 aromatic carbocycles. The zero-order chi connectivity index (χ0) is 22.2. The van der Waals surface area contributed by atoms with E-state index in [1.165, 1.54) is 13.2 Å². The van der Waals surface area contributed by atoms with Gasteiger partial charge in [0, 0.05) is 30.0 Å². The number of carbonyl (C=O) groups is 1. The fourth-order valence-corrected chi connectivity index (χ4v) is 4.41. The fourth-order valence-electron chi connectivity index (χ4n) is 4.41. The summed E-state index contributed by atoms with van der Waals surface area (Å²) in [7, 11) is 1.39. The number of rotatable bonds is 5. The zero-order valence-corrected chi connectivity index (χ0v) is 17.7. The van der Waals surface area contributed by atoms with Crippen LogP contribution in [-0.4, -0.2) is 45.0 Å². The molecule has 168 valence electrons. The number of hydrogen-bond acceptors (Lipinski definition) is 5. The van der Waals surface area contributed by atoms with Gasteiger partial charge in [0.25, 0.3) is 0 Å². The number of alkyl halides is 3. The molecule has 1 aromatic rings. The maximum absolute atomic E-state index is 13.3. The topological polar surface area (TPSA) is 42.0 Å². The number of carbonyl (C=O) groups excluding carboxylic acids is 1. The molecule has 2 heterocycles. The number of halogens is 3. The first-order valence-electron chi connectivity index (χ1n) is 10.7. The number of nitrogens with zero attached hydrogens (tertiary/aromatic N) is 2. The molecule has 0 amide bonds. The molecular formula is C23H27F3N2O3. The van der Waals surface area contributed by atoms with E-state index in [1.807, 2.05) is 31.2 Å². The molecule has 3 aliphatic rings. The van der Waals surface area contributed by atoms with Crippen LogP contribution in [0.1, 0.15) is 32.6 Å². The lowest BCUT2D eigenvalue weighted by Gasteiger charge is -2.41. The summed E-state index contributed by atoms with van der Waals surface area (Å²) >= 11 is 0. The molecule has 8 heteroatoms. The molecule has 31 heavy (non-hydrogen) atoms. The van der Waals surface area contributed by atoms with Crippen LogP contribution in [0.2, 0.25) is 0 Å². The Morgan fingerprint density at radius 1 is 1.19 bits per heavy atom. The van der Waals surface area contributed by atoms with Gasteiger partial charge in [-0.1, -0.05) is 19.4 Å². The van der Waals surface area contributed by atoms with Crippen LogP contribution in [0.3, 0.4) is 0 Å². The molecule has 1 fully saturated rings. The van der Waals surface area contributed by atoms with Gasteiger partial charge in [0.15, 0.2) is 0 Å². The third-order valence-electron chi connectivity index (χ3n) is 6.12. The van der Waals surface area contributed by atoms with Crippen LogP contribution < -0.4 is 9.80 Å². The van der Waals surface area contributed by atoms with E-state index in [4.69, 9.17) is 9.47 Å². The summed E-state index contributed by atoms with van der Waals surface area (Å²) < 4.78 is 50.6. The van der Waals surface area contributed by atoms with Crippen molar-refractivity contribution in [1.82, 2.24) is 0 Å². The van der Waals surface area contributed by atoms with E-state index in [0.29, 0.717) is 25.4 Å². The first-order chi connectivity index (χ1) is 14.8. The fraction of sp³-hybridized carbons (Fsp3) is 0.522. The van der Waals surface area contributed by atoms with Crippen LogP contribution in [0.15, 0.2) is 47.4 Å². The second-order valence-corrected chi connectivity index (χ2v) is 8.26. The third-order valence-corrected chi connectivity index (χ3v) is 6.12. The zero-order valence-electron chi connectivity index (χ0n) is 17.7. The minimum atomic E-state index is -4.34. The van der Waals surface area contributed by atoms with Crippen molar-refractivity contribution in [2.45, 2.75) is 44.9 Å². The molecule has 0 spiro atoms. The highest BCUT2D eigenvalue weighted by molar-refractivity contribution is 5.77. The molecule has 0 bridgehead atoms. The number of allylic oxidation sites excluding steroid dienone is 3. The first kappa shape index (κ1) is 21.6. The van der Waals surface area contributed by atoms with Crippen LogP contribution >= 0.6 is 0 Å². The van der Waals surface area contributed by atoms with Crippen molar-refractivity contribution in [1.29, 1.82) is 0 Å². The van der Waals surface area contributed by atoms with E-state index < -0.39 is 11.7 Å². The van der Waals surface area contributed by atoms with Crippen molar-refractivity contribution >= 4 is 17.3 Å². The summed E-state index contributed by atoms with van der Waals surface area (Å²) in [6.45, 7) is 3.85. The molecule has 1 atom stereocenters. The SMILES string of the molecule is CCCC1CN(c2cccc(N3CC(C(=O)OC)C3)c2)C2=C(C=C(C(F)(F)F)CC2)O1. The highest BCUT2D eigenvalue weighted by atomic mass is 19.4. The van der Waals surface area contributed by atoms with E-state index in [1.54, 1.807) is 0 Å². The monoisotopic (exact) mass is 436 g/mol. The Balaban J connectivity index is 1.60. The molecule has 2 aliphatic heterocycles. The molecule has 0 N–H and O–H groups in total. The van der Waals surface area contributed by atoms with Crippen LogP contribution in [0, 0.1) is 5.92 Å². The van der Waals surface area contributed by atoms with Gasteiger partial charge >= 0.3 is 12.1 Å². The van der Waals surface area contributed by atoms with Crippen molar-refractivity contribution in [3.63, 3.8) is 0 Å². The Morgan fingerprint density at radius 2 is 1.94 bits per heavy atom. The maximum Gasteiger partial charge on any atom is 0.412 e. The molecule has 0 saturated carbocycles. The number of hydrogen-bond donors (Lipinski definition) is 0. The Kier molecular flexibility index (Phi) is 5.90. The van der Waals surface area contributed by atoms with Crippen molar-refractivity contribution in [2.75, 3.05) is 36.5 Å². The number of methoxy groups -OCH3 is 1. The van der Waals surface area contributed by atoms with Crippen LogP contribution in [0.5, 0.6) is 0 Å². The van der Waals surface area contributed by atoms with E-state index in [0.717, 1.165) is 29.9 Å². The Morgan fingerprint density at radius 3 is 2.61 bits per heavy atom. The van der Waals surface area contributed by atoms with Gasteiger partial charge in [-0.3, -0.25) is 4.79 Å². The van der Waals surface area contributed by atoms with E-state index in [9.17, 15) is 18.0 Å². The summed E-state index contributed by atoms with van der Waals surface area (Å²) in [6.07, 6.45) is -1.42. The molecule has 1 unspecified atom stereocenters. The van der Waals surface area contributed by atoms with Gasteiger partial charge in [-0.25, -0.2) is 0 Å². The molecule has 0 radical (unpaired) electrons. The second kappa shape index (κ2) is 8.48. The number of benzene rings is 1. The number of esters is 1. The average Bonchev–Trinajstić information content (AvgIpc) is 2.71. The van der Waals surface area contributed by atoms with Gasteiger partial charge in [-0.05, 0) is 43.5 Å². The van der Waals surface area contributed by atoms with Crippen molar-refractivity contribution < 1.29 is 27.4 Å². The highest BCUT2D eigenvalue weighted by Crippen LogP contribution is 2.41. The van der Waals surface area contributed by atoms with Gasteiger partial charge in [-0.2, -0.15) is 13.2 Å². The van der Waals surface area contributed by atoms with Crippen molar-refractivity contribution in [3.8, 4) is 0 Å². The van der Waals surface area contributed by atoms with E-state index >= 15 is 0 Å². The third kappa shape index (κ3) is 4.38. The van der Waals surface area contributed by atoms with Crippen molar-refractivity contribution in [2.24, 2.45) is 5.92 Å². The summed E-state index contributed by atoms with van der Waals surface area (Å²) in [6, 6.07) is 7.94. The van der Waals surface area contributed by atoms with E-state index in [-0.39, 0.29) is 30.8 Å². The molecule has 0 aromatic heterocycles. The Bertz CT molecular complexity index is 904. The number of anilines is 2.